The van der Waals surface area contributed by atoms with E-state index in [1.165, 1.54) is 0 Å². The van der Waals surface area contributed by atoms with E-state index in [1.807, 2.05) is 32.3 Å². The Bertz CT molecular complexity index is 418. The molecular formula is C13H18N2O2. The standard InChI is InChI=1S/C13H18N2O2/c1-14-6-8-17-11-3-4-12-10(9-11)5-7-15(2)13(12)16/h3-4,9,14H,5-8H2,1-2H3. The Morgan fingerprint density at radius 2 is 2.29 bits per heavy atom. The lowest BCUT2D eigenvalue weighted by atomic mass is 9.99. The van der Waals surface area contributed by atoms with Crippen LogP contribution in [-0.4, -0.2) is 44.6 Å². The van der Waals surface area contributed by atoms with Gasteiger partial charge in [-0.05, 0) is 37.2 Å². The predicted molar refractivity (Wildman–Crippen MR) is 66.5 cm³/mol. The highest BCUT2D eigenvalue weighted by Gasteiger charge is 2.21. The third-order valence-electron chi connectivity index (χ3n) is 2.99. The molecule has 1 N–H and O–H groups in total. The van der Waals surface area contributed by atoms with Crippen LogP contribution in [0, 0.1) is 0 Å². The summed E-state index contributed by atoms with van der Waals surface area (Å²) in [6.07, 6.45) is 0.904. The molecule has 0 unspecified atom stereocenters. The zero-order valence-electron chi connectivity index (χ0n) is 10.3. The number of amides is 1. The second-order valence-corrected chi connectivity index (χ2v) is 4.25. The first-order valence-corrected chi connectivity index (χ1v) is 5.88. The molecule has 4 heteroatoms. The zero-order valence-corrected chi connectivity index (χ0v) is 10.3. The second kappa shape index (κ2) is 5.19. The zero-order chi connectivity index (χ0) is 12.3. The van der Waals surface area contributed by atoms with Gasteiger partial charge in [0.05, 0.1) is 0 Å². The number of carbonyl (C=O) groups is 1. The summed E-state index contributed by atoms with van der Waals surface area (Å²) in [5.41, 5.74) is 1.90. The molecule has 1 amide bonds. The molecule has 0 aromatic heterocycles. The van der Waals surface area contributed by atoms with E-state index in [4.69, 9.17) is 4.74 Å². The fourth-order valence-corrected chi connectivity index (χ4v) is 1.94. The first kappa shape index (κ1) is 11.9. The van der Waals surface area contributed by atoms with Crippen LogP contribution in [0.3, 0.4) is 0 Å². The summed E-state index contributed by atoms with van der Waals surface area (Å²) < 4.78 is 5.59. The number of carbonyl (C=O) groups excluding carboxylic acids is 1. The fraction of sp³-hybridized carbons (Fsp3) is 0.462. The third kappa shape index (κ3) is 2.58. The molecule has 1 heterocycles. The van der Waals surface area contributed by atoms with Crippen molar-refractivity contribution in [3.05, 3.63) is 29.3 Å². The molecular weight excluding hydrogens is 216 g/mol. The van der Waals surface area contributed by atoms with Gasteiger partial charge in [0, 0.05) is 25.7 Å². The van der Waals surface area contributed by atoms with Gasteiger partial charge in [-0.1, -0.05) is 0 Å². The van der Waals surface area contributed by atoms with Gasteiger partial charge >= 0.3 is 0 Å². The van der Waals surface area contributed by atoms with Crippen molar-refractivity contribution in [3.8, 4) is 5.75 Å². The van der Waals surface area contributed by atoms with Crippen molar-refractivity contribution >= 4 is 5.91 Å². The highest BCUT2D eigenvalue weighted by molar-refractivity contribution is 5.96. The van der Waals surface area contributed by atoms with Gasteiger partial charge in [-0.2, -0.15) is 0 Å². The molecule has 1 aromatic rings. The number of fused-ring (bicyclic) bond motifs is 1. The van der Waals surface area contributed by atoms with E-state index in [0.717, 1.165) is 36.4 Å². The van der Waals surface area contributed by atoms with Gasteiger partial charge in [0.15, 0.2) is 0 Å². The Balaban J connectivity index is 2.12. The van der Waals surface area contributed by atoms with E-state index in [0.29, 0.717) is 6.61 Å². The van der Waals surface area contributed by atoms with Crippen molar-refractivity contribution in [1.29, 1.82) is 0 Å². The molecule has 1 aliphatic heterocycles. The molecule has 0 saturated heterocycles. The van der Waals surface area contributed by atoms with E-state index < -0.39 is 0 Å². The lowest BCUT2D eigenvalue weighted by molar-refractivity contribution is 0.0781. The van der Waals surface area contributed by atoms with Crippen LogP contribution in [-0.2, 0) is 6.42 Å². The minimum Gasteiger partial charge on any atom is -0.492 e. The van der Waals surface area contributed by atoms with Crippen LogP contribution in [0.5, 0.6) is 5.75 Å². The second-order valence-electron chi connectivity index (χ2n) is 4.25. The summed E-state index contributed by atoms with van der Waals surface area (Å²) in [7, 11) is 3.73. The molecule has 0 spiro atoms. The number of hydrogen-bond acceptors (Lipinski definition) is 3. The van der Waals surface area contributed by atoms with Crippen molar-refractivity contribution in [2.75, 3.05) is 33.8 Å². The van der Waals surface area contributed by atoms with Crippen molar-refractivity contribution in [2.45, 2.75) is 6.42 Å². The van der Waals surface area contributed by atoms with Gasteiger partial charge in [0.2, 0.25) is 0 Å². The summed E-state index contributed by atoms with van der Waals surface area (Å²) in [4.78, 5) is 13.6. The minimum atomic E-state index is 0.105. The molecule has 17 heavy (non-hydrogen) atoms. The van der Waals surface area contributed by atoms with Gasteiger partial charge in [-0.25, -0.2) is 0 Å². The minimum absolute atomic E-state index is 0.105. The van der Waals surface area contributed by atoms with E-state index in [2.05, 4.69) is 5.32 Å². The molecule has 2 rings (SSSR count). The molecule has 1 aromatic carbocycles. The average molecular weight is 234 g/mol. The predicted octanol–water partition coefficient (Wildman–Crippen LogP) is 0.913. The molecule has 92 valence electrons. The number of ether oxygens (including phenoxy) is 1. The lowest BCUT2D eigenvalue weighted by Gasteiger charge is -2.25. The van der Waals surface area contributed by atoms with Crippen molar-refractivity contribution in [1.82, 2.24) is 10.2 Å². The molecule has 0 atom stereocenters. The summed E-state index contributed by atoms with van der Waals surface area (Å²) in [5.74, 6) is 0.948. The maximum Gasteiger partial charge on any atom is 0.253 e. The van der Waals surface area contributed by atoms with Crippen LogP contribution in [0.4, 0.5) is 0 Å². The van der Waals surface area contributed by atoms with Gasteiger partial charge in [-0.15, -0.1) is 0 Å². The molecule has 0 bridgehead atoms. The SMILES string of the molecule is CNCCOc1ccc2c(c1)CCN(C)C2=O. The molecule has 0 saturated carbocycles. The van der Waals surface area contributed by atoms with Crippen LogP contribution < -0.4 is 10.1 Å². The van der Waals surface area contributed by atoms with Crippen LogP contribution in [0.1, 0.15) is 15.9 Å². The Labute approximate surface area is 102 Å². The summed E-state index contributed by atoms with van der Waals surface area (Å²) in [6.45, 7) is 2.24. The molecule has 0 fully saturated rings. The Morgan fingerprint density at radius 1 is 1.47 bits per heavy atom. The van der Waals surface area contributed by atoms with Crippen molar-refractivity contribution in [3.63, 3.8) is 0 Å². The van der Waals surface area contributed by atoms with Crippen LogP contribution in [0.15, 0.2) is 18.2 Å². The van der Waals surface area contributed by atoms with Gasteiger partial charge < -0.3 is 15.0 Å². The van der Waals surface area contributed by atoms with Gasteiger partial charge in [0.25, 0.3) is 5.91 Å². The number of rotatable bonds is 4. The van der Waals surface area contributed by atoms with Crippen LogP contribution in [0.25, 0.3) is 0 Å². The van der Waals surface area contributed by atoms with E-state index >= 15 is 0 Å². The van der Waals surface area contributed by atoms with Crippen LogP contribution in [0.2, 0.25) is 0 Å². The Hall–Kier alpha value is -1.55. The molecule has 0 radical (unpaired) electrons. The van der Waals surface area contributed by atoms with Crippen LogP contribution >= 0.6 is 0 Å². The van der Waals surface area contributed by atoms with E-state index in [9.17, 15) is 4.79 Å². The van der Waals surface area contributed by atoms with Gasteiger partial charge in [0.1, 0.15) is 12.4 Å². The number of likely N-dealkylation sites (N-methyl/N-ethyl adjacent to an activating group) is 2. The maximum atomic E-state index is 11.9. The topological polar surface area (TPSA) is 41.6 Å². The van der Waals surface area contributed by atoms with Gasteiger partial charge in [-0.3, -0.25) is 4.79 Å². The lowest BCUT2D eigenvalue weighted by Crippen LogP contribution is -2.34. The first-order chi connectivity index (χ1) is 8.22. The third-order valence-corrected chi connectivity index (χ3v) is 2.99. The fourth-order valence-electron chi connectivity index (χ4n) is 1.94. The quantitative estimate of drug-likeness (QED) is 0.787. The van der Waals surface area contributed by atoms with Crippen molar-refractivity contribution < 1.29 is 9.53 Å². The largest absolute Gasteiger partial charge is 0.492 e. The number of benzene rings is 1. The monoisotopic (exact) mass is 234 g/mol. The summed E-state index contributed by atoms with van der Waals surface area (Å²) in [6, 6.07) is 5.71. The van der Waals surface area contributed by atoms with E-state index in [1.54, 1.807) is 4.90 Å². The smallest absolute Gasteiger partial charge is 0.253 e. The normalized spacial score (nSPS) is 14.7. The number of hydrogen-bond donors (Lipinski definition) is 1. The van der Waals surface area contributed by atoms with Crippen molar-refractivity contribution in [2.24, 2.45) is 0 Å². The summed E-state index contributed by atoms with van der Waals surface area (Å²) >= 11 is 0. The Morgan fingerprint density at radius 3 is 3.06 bits per heavy atom. The Kier molecular flexibility index (Phi) is 3.64. The molecule has 0 aliphatic carbocycles. The molecule has 4 nitrogen and oxygen atoms in total. The van der Waals surface area contributed by atoms with E-state index in [-0.39, 0.29) is 5.91 Å². The first-order valence-electron chi connectivity index (χ1n) is 5.88. The number of nitrogens with one attached hydrogen (secondary N) is 1. The maximum absolute atomic E-state index is 11.9. The highest BCUT2D eigenvalue weighted by Crippen LogP contribution is 2.23. The molecule has 1 aliphatic rings. The number of nitrogens with zero attached hydrogens (tertiary/aromatic N) is 1. The highest BCUT2D eigenvalue weighted by atomic mass is 16.5. The average Bonchev–Trinajstić information content (AvgIpc) is 2.34. The summed E-state index contributed by atoms with van der Waals surface area (Å²) in [5, 5.41) is 3.03.